The summed E-state index contributed by atoms with van der Waals surface area (Å²) in [6.45, 7) is 7.88. The first-order valence-corrected chi connectivity index (χ1v) is 9.62. The fourth-order valence-corrected chi connectivity index (χ4v) is 4.02. The molecule has 2 atom stereocenters. The number of ether oxygens (including phenoxy) is 1. The van der Waals surface area contributed by atoms with Crippen LogP contribution in [0.4, 0.5) is 0 Å². The van der Waals surface area contributed by atoms with Crippen LogP contribution in [0.1, 0.15) is 56.1 Å². The lowest BCUT2D eigenvalue weighted by Crippen LogP contribution is -2.47. The Hall–Kier alpha value is -1.39. The number of carbonyl (C=O) groups excluding carboxylic acids is 1. The number of benzene rings is 1. The van der Waals surface area contributed by atoms with Gasteiger partial charge < -0.3 is 15.4 Å². The van der Waals surface area contributed by atoms with Crippen LogP contribution in [0.25, 0.3) is 0 Å². The molecule has 1 amide bonds. The lowest BCUT2D eigenvalue weighted by Gasteiger charge is -2.37. The minimum atomic E-state index is 0.0962. The Morgan fingerprint density at radius 1 is 1.28 bits per heavy atom. The average Bonchev–Trinajstić information content (AvgIpc) is 3.42. The number of piperidine rings is 1. The highest BCUT2D eigenvalue weighted by Crippen LogP contribution is 2.47. The van der Waals surface area contributed by atoms with E-state index in [2.05, 4.69) is 48.7 Å². The van der Waals surface area contributed by atoms with Crippen molar-refractivity contribution in [3.05, 3.63) is 35.4 Å². The molecule has 1 saturated heterocycles. The zero-order valence-electron chi connectivity index (χ0n) is 15.8. The van der Waals surface area contributed by atoms with Crippen LogP contribution >= 0.6 is 0 Å². The molecular weight excluding hydrogens is 312 g/mol. The van der Waals surface area contributed by atoms with Gasteiger partial charge in [0.05, 0.1) is 6.61 Å². The minimum absolute atomic E-state index is 0.0962. The highest BCUT2D eigenvalue weighted by atomic mass is 16.5. The van der Waals surface area contributed by atoms with Crippen LogP contribution in [0.2, 0.25) is 0 Å². The lowest BCUT2D eigenvalue weighted by atomic mass is 9.79. The zero-order chi connectivity index (χ0) is 17.9. The fourth-order valence-electron chi connectivity index (χ4n) is 4.02. The molecule has 0 spiro atoms. The van der Waals surface area contributed by atoms with Crippen LogP contribution in [-0.2, 0) is 9.53 Å². The summed E-state index contributed by atoms with van der Waals surface area (Å²) in [6, 6.07) is 8.81. The number of nitrogens with one attached hydrogen (secondary N) is 2. The summed E-state index contributed by atoms with van der Waals surface area (Å²) in [7, 11) is 1.75. The van der Waals surface area contributed by atoms with E-state index in [-0.39, 0.29) is 17.2 Å². The van der Waals surface area contributed by atoms with E-state index in [1.807, 2.05) is 0 Å². The number of hydrogen-bond donors (Lipinski definition) is 2. The molecule has 1 aliphatic heterocycles. The molecule has 25 heavy (non-hydrogen) atoms. The Balaban J connectivity index is 1.52. The standard InChI is InChI=1S/C21H32N2O2/c1-15(2)16-4-6-17(7-5-16)18-12-19(18)20(24)23-13-21(14-25-3)8-10-22-11-9-21/h4-7,15,18-19,22H,8-14H2,1-3H3,(H,23,24). The van der Waals surface area contributed by atoms with Gasteiger partial charge in [-0.1, -0.05) is 38.1 Å². The second-order valence-corrected chi connectivity index (χ2v) is 8.17. The van der Waals surface area contributed by atoms with Crippen LogP contribution in [0.3, 0.4) is 0 Å². The molecule has 1 aromatic rings. The topological polar surface area (TPSA) is 50.4 Å². The lowest BCUT2D eigenvalue weighted by molar-refractivity contribution is -0.123. The van der Waals surface area contributed by atoms with E-state index in [4.69, 9.17) is 4.74 Å². The van der Waals surface area contributed by atoms with Crippen LogP contribution in [-0.4, -0.2) is 39.3 Å². The molecule has 2 fully saturated rings. The minimum Gasteiger partial charge on any atom is -0.384 e. The van der Waals surface area contributed by atoms with Gasteiger partial charge in [0.1, 0.15) is 0 Å². The van der Waals surface area contributed by atoms with Gasteiger partial charge in [-0.05, 0) is 55.3 Å². The second-order valence-electron chi connectivity index (χ2n) is 8.17. The van der Waals surface area contributed by atoms with E-state index >= 15 is 0 Å². The zero-order valence-corrected chi connectivity index (χ0v) is 15.8. The summed E-state index contributed by atoms with van der Waals surface area (Å²) in [6.07, 6.45) is 3.10. The summed E-state index contributed by atoms with van der Waals surface area (Å²) >= 11 is 0. The summed E-state index contributed by atoms with van der Waals surface area (Å²) in [5.74, 6) is 1.31. The van der Waals surface area contributed by atoms with E-state index in [1.165, 1.54) is 11.1 Å². The van der Waals surface area contributed by atoms with Crippen LogP contribution in [0, 0.1) is 11.3 Å². The molecule has 2 unspecified atom stereocenters. The first-order chi connectivity index (χ1) is 12.0. The fraction of sp³-hybridized carbons (Fsp3) is 0.667. The number of carbonyl (C=O) groups is 1. The van der Waals surface area contributed by atoms with Gasteiger partial charge in [0, 0.05) is 25.0 Å². The molecule has 138 valence electrons. The molecule has 2 aliphatic rings. The highest BCUT2D eigenvalue weighted by molar-refractivity contribution is 5.82. The Morgan fingerprint density at radius 2 is 1.96 bits per heavy atom. The predicted molar refractivity (Wildman–Crippen MR) is 101 cm³/mol. The molecule has 1 saturated carbocycles. The summed E-state index contributed by atoms with van der Waals surface area (Å²) < 4.78 is 5.43. The summed E-state index contributed by atoms with van der Waals surface area (Å²) in [4.78, 5) is 12.6. The number of amides is 1. The third-order valence-electron chi connectivity index (χ3n) is 5.91. The Labute approximate surface area is 151 Å². The van der Waals surface area contributed by atoms with Gasteiger partial charge in [0.15, 0.2) is 0 Å². The van der Waals surface area contributed by atoms with Crippen molar-refractivity contribution in [1.29, 1.82) is 0 Å². The van der Waals surface area contributed by atoms with Crippen molar-refractivity contribution in [3.63, 3.8) is 0 Å². The van der Waals surface area contributed by atoms with Crippen molar-refractivity contribution in [2.45, 2.75) is 44.9 Å². The molecule has 1 aromatic carbocycles. The van der Waals surface area contributed by atoms with Crippen molar-refractivity contribution in [2.24, 2.45) is 11.3 Å². The number of hydrogen-bond acceptors (Lipinski definition) is 3. The maximum Gasteiger partial charge on any atom is 0.223 e. The molecule has 1 aliphatic carbocycles. The van der Waals surface area contributed by atoms with Gasteiger partial charge in [-0.2, -0.15) is 0 Å². The maximum absolute atomic E-state index is 12.6. The third-order valence-corrected chi connectivity index (χ3v) is 5.91. The second kappa shape index (κ2) is 7.88. The molecule has 0 aromatic heterocycles. The third kappa shape index (κ3) is 4.42. The van der Waals surface area contributed by atoms with E-state index in [1.54, 1.807) is 7.11 Å². The average molecular weight is 344 g/mol. The first kappa shape index (κ1) is 18.4. The molecule has 1 heterocycles. The largest absolute Gasteiger partial charge is 0.384 e. The van der Waals surface area contributed by atoms with Crippen molar-refractivity contribution < 1.29 is 9.53 Å². The molecule has 4 nitrogen and oxygen atoms in total. The normalized spacial score (nSPS) is 25.0. The number of methoxy groups -OCH3 is 1. The van der Waals surface area contributed by atoms with Crippen molar-refractivity contribution >= 4 is 5.91 Å². The number of rotatable bonds is 7. The molecular formula is C21H32N2O2. The SMILES string of the molecule is COCC1(CNC(=O)C2CC2c2ccc(C(C)C)cc2)CCNCC1. The monoisotopic (exact) mass is 344 g/mol. The van der Waals surface area contributed by atoms with E-state index in [9.17, 15) is 4.79 Å². The summed E-state index contributed by atoms with van der Waals surface area (Å²) in [5.41, 5.74) is 2.76. The van der Waals surface area contributed by atoms with Gasteiger partial charge in [-0.15, -0.1) is 0 Å². The van der Waals surface area contributed by atoms with Gasteiger partial charge in [-0.25, -0.2) is 0 Å². The van der Waals surface area contributed by atoms with Crippen molar-refractivity contribution in [3.8, 4) is 0 Å². The van der Waals surface area contributed by atoms with Crippen LogP contribution < -0.4 is 10.6 Å². The molecule has 4 heteroatoms. The summed E-state index contributed by atoms with van der Waals surface area (Å²) in [5, 5.41) is 6.62. The molecule has 0 bridgehead atoms. The van der Waals surface area contributed by atoms with Crippen LogP contribution in [0.5, 0.6) is 0 Å². The van der Waals surface area contributed by atoms with Gasteiger partial charge in [-0.3, -0.25) is 4.79 Å². The van der Waals surface area contributed by atoms with Gasteiger partial charge >= 0.3 is 0 Å². The first-order valence-electron chi connectivity index (χ1n) is 9.62. The van der Waals surface area contributed by atoms with Crippen LogP contribution in [0.15, 0.2) is 24.3 Å². The van der Waals surface area contributed by atoms with Gasteiger partial charge in [0.2, 0.25) is 5.91 Å². The Kier molecular flexibility index (Phi) is 5.80. The quantitative estimate of drug-likeness (QED) is 0.799. The van der Waals surface area contributed by atoms with Gasteiger partial charge in [0.25, 0.3) is 0 Å². The smallest absolute Gasteiger partial charge is 0.223 e. The van der Waals surface area contributed by atoms with Crippen molar-refractivity contribution in [1.82, 2.24) is 10.6 Å². The molecule has 0 radical (unpaired) electrons. The highest BCUT2D eigenvalue weighted by Gasteiger charge is 2.44. The predicted octanol–water partition coefficient (Wildman–Crippen LogP) is 3.05. The maximum atomic E-state index is 12.6. The van der Waals surface area contributed by atoms with E-state index < -0.39 is 0 Å². The van der Waals surface area contributed by atoms with Crippen molar-refractivity contribution in [2.75, 3.05) is 33.4 Å². The Bertz CT molecular complexity index is 571. The molecule has 3 rings (SSSR count). The molecule has 2 N–H and O–H groups in total. The van der Waals surface area contributed by atoms with E-state index in [0.717, 1.165) is 45.5 Å². The van der Waals surface area contributed by atoms with E-state index in [0.29, 0.717) is 11.8 Å². The Morgan fingerprint density at radius 3 is 2.56 bits per heavy atom.